The smallest absolute Gasteiger partial charge is 0.293 e. The van der Waals surface area contributed by atoms with E-state index in [1.807, 2.05) is 24.6 Å². The zero-order valence-corrected chi connectivity index (χ0v) is 20.3. The van der Waals surface area contributed by atoms with Crippen molar-refractivity contribution in [2.24, 2.45) is 0 Å². The molecule has 1 aromatic carbocycles. The van der Waals surface area contributed by atoms with E-state index in [0.717, 1.165) is 27.3 Å². The molecule has 3 aromatic rings. The van der Waals surface area contributed by atoms with Crippen molar-refractivity contribution >= 4 is 31.4 Å². The van der Waals surface area contributed by atoms with Crippen LogP contribution in [-0.2, 0) is 27.4 Å². The van der Waals surface area contributed by atoms with Gasteiger partial charge < -0.3 is 18.8 Å². The summed E-state index contributed by atoms with van der Waals surface area (Å²) in [7, 11) is 4.16. The maximum atomic E-state index is 13.4. The van der Waals surface area contributed by atoms with Crippen LogP contribution < -0.4 is 10.8 Å². The lowest BCUT2D eigenvalue weighted by atomic mass is 10.2. The Hall–Kier alpha value is -2.42. The van der Waals surface area contributed by atoms with Crippen molar-refractivity contribution < 1.29 is 28.6 Å². The average Bonchev–Trinajstić information content (AvgIpc) is 3.17. The van der Waals surface area contributed by atoms with Gasteiger partial charge in [0.2, 0.25) is 0 Å². The molecular formula is C23H31FN3O5P. The van der Waals surface area contributed by atoms with Crippen molar-refractivity contribution in [3.8, 4) is 0 Å². The van der Waals surface area contributed by atoms with Crippen molar-refractivity contribution in [3.63, 3.8) is 0 Å². The number of carbonyl (C=O) groups excluding carboxylic acids is 1. The van der Waals surface area contributed by atoms with E-state index in [1.165, 1.54) is 12.1 Å². The van der Waals surface area contributed by atoms with E-state index in [4.69, 9.17) is 19.4 Å². The number of methoxy groups -OCH3 is 1. The molecule has 0 bridgehead atoms. The first-order valence-electron chi connectivity index (χ1n) is 10.6. The molecule has 1 amide bonds. The van der Waals surface area contributed by atoms with Crippen molar-refractivity contribution in [2.75, 3.05) is 33.5 Å². The number of halogens is 1. The molecule has 0 aliphatic heterocycles. The van der Waals surface area contributed by atoms with Gasteiger partial charge in [0.15, 0.2) is 0 Å². The number of nitrogens with zero attached hydrogens (tertiary/aromatic N) is 2. The van der Waals surface area contributed by atoms with E-state index in [-0.39, 0.29) is 11.5 Å². The number of amides is 1. The Labute approximate surface area is 195 Å². The van der Waals surface area contributed by atoms with Gasteiger partial charge in [-0.05, 0) is 29.1 Å². The lowest BCUT2D eigenvalue weighted by Crippen LogP contribution is -2.19. The number of rotatable bonds is 11. The van der Waals surface area contributed by atoms with Gasteiger partial charge in [-0.3, -0.25) is 10.0 Å². The first kappa shape index (κ1) is 26.8. The predicted molar refractivity (Wildman–Crippen MR) is 128 cm³/mol. The Morgan fingerprint density at radius 1 is 1.15 bits per heavy atom. The van der Waals surface area contributed by atoms with Crippen LogP contribution in [0.4, 0.5) is 4.39 Å². The van der Waals surface area contributed by atoms with Crippen molar-refractivity contribution in [2.45, 2.75) is 27.0 Å². The zero-order valence-electron chi connectivity index (χ0n) is 19.1. The van der Waals surface area contributed by atoms with E-state index in [0.29, 0.717) is 39.6 Å². The molecule has 3 rings (SSSR count). The van der Waals surface area contributed by atoms with E-state index < -0.39 is 5.91 Å². The zero-order chi connectivity index (χ0) is 24.2. The van der Waals surface area contributed by atoms with Gasteiger partial charge in [0.05, 0.1) is 44.7 Å². The summed E-state index contributed by atoms with van der Waals surface area (Å²) in [6.45, 7) is 6.66. The Kier molecular flexibility index (Phi) is 11.4. The lowest BCUT2D eigenvalue weighted by molar-refractivity contribution is 0.0202. The first-order valence-corrected chi connectivity index (χ1v) is 11.2. The van der Waals surface area contributed by atoms with Crippen LogP contribution in [-0.4, -0.2) is 54.2 Å². The van der Waals surface area contributed by atoms with Gasteiger partial charge >= 0.3 is 0 Å². The molecule has 0 aliphatic rings. The average molecular weight is 479 g/mol. The monoisotopic (exact) mass is 479 g/mol. The van der Waals surface area contributed by atoms with Crippen molar-refractivity contribution in [1.82, 2.24) is 15.0 Å². The minimum Gasteiger partial charge on any atom is -0.382 e. The normalized spacial score (nSPS) is 10.7. The second-order valence-electron chi connectivity index (χ2n) is 6.81. The molecule has 10 heteroatoms. The summed E-state index contributed by atoms with van der Waals surface area (Å²) in [5.41, 5.74) is 4.26. The summed E-state index contributed by atoms with van der Waals surface area (Å²) in [5, 5.41) is 10.5. The second kappa shape index (κ2) is 14.0. The number of hydroxylamine groups is 1. The predicted octanol–water partition coefficient (Wildman–Crippen LogP) is 3.05. The third-order valence-corrected chi connectivity index (χ3v) is 5.23. The molecule has 0 spiro atoms. The third kappa shape index (κ3) is 7.55. The van der Waals surface area contributed by atoms with Crippen LogP contribution in [0, 0.1) is 5.82 Å². The molecule has 2 heterocycles. The molecule has 0 saturated carbocycles. The lowest BCUT2D eigenvalue weighted by Gasteiger charge is -2.09. The highest BCUT2D eigenvalue weighted by atomic mass is 31.0. The summed E-state index contributed by atoms with van der Waals surface area (Å²) in [5.74, 6) is -0.993. The summed E-state index contributed by atoms with van der Waals surface area (Å²) < 4.78 is 31.5. The molecule has 180 valence electrons. The quantitative estimate of drug-likeness (QED) is 0.190. The van der Waals surface area contributed by atoms with E-state index in [2.05, 4.69) is 14.2 Å². The Balaban J connectivity index is 0.00000187. The van der Waals surface area contributed by atoms with Gasteiger partial charge in [-0.15, -0.1) is 9.24 Å². The van der Waals surface area contributed by atoms with Gasteiger partial charge in [-0.2, -0.15) is 0 Å². The number of nitrogens with one attached hydrogen (secondary N) is 1. The van der Waals surface area contributed by atoms with Gasteiger partial charge in [0.25, 0.3) is 5.91 Å². The molecular weight excluding hydrogens is 448 g/mol. The number of hydrogen-bond acceptors (Lipinski definition) is 6. The molecule has 0 saturated heterocycles. The first-order chi connectivity index (χ1) is 16.0. The largest absolute Gasteiger partial charge is 0.382 e. The van der Waals surface area contributed by atoms with Crippen molar-refractivity contribution in [1.29, 1.82) is 0 Å². The minimum absolute atomic E-state index is 0.0883. The molecule has 1 unspecified atom stereocenters. The number of pyridine rings is 1. The summed E-state index contributed by atoms with van der Waals surface area (Å²) in [6.07, 6.45) is 3.50. The molecule has 0 radical (unpaired) electrons. The third-order valence-electron chi connectivity index (χ3n) is 4.69. The molecule has 2 N–H and O–H groups in total. The Morgan fingerprint density at radius 2 is 1.88 bits per heavy atom. The van der Waals surface area contributed by atoms with Crippen LogP contribution >= 0.6 is 9.24 Å². The summed E-state index contributed by atoms with van der Waals surface area (Å²) >= 11 is 0. The number of fused-ring (bicyclic) bond motifs is 1. The van der Waals surface area contributed by atoms with Crippen LogP contribution in [0.15, 0.2) is 36.7 Å². The van der Waals surface area contributed by atoms with Crippen molar-refractivity contribution in [3.05, 3.63) is 59.3 Å². The van der Waals surface area contributed by atoms with E-state index in [9.17, 15) is 9.18 Å². The summed E-state index contributed by atoms with van der Waals surface area (Å²) in [4.78, 5) is 15.9. The van der Waals surface area contributed by atoms with Crippen LogP contribution in [0.25, 0.3) is 10.9 Å². The number of aromatic nitrogens is 2. The van der Waals surface area contributed by atoms with Crippen LogP contribution in [0.3, 0.4) is 0 Å². The second-order valence-corrected chi connectivity index (χ2v) is 7.43. The van der Waals surface area contributed by atoms with Gasteiger partial charge in [0, 0.05) is 30.8 Å². The number of benzene rings is 1. The molecule has 1 atom stereocenters. The Bertz CT molecular complexity index is 1040. The van der Waals surface area contributed by atoms with Gasteiger partial charge in [0.1, 0.15) is 11.5 Å². The van der Waals surface area contributed by atoms with Gasteiger partial charge in [-0.1, -0.05) is 19.9 Å². The number of ether oxygens (including phenoxy) is 3. The van der Waals surface area contributed by atoms with Gasteiger partial charge in [-0.25, -0.2) is 14.9 Å². The maximum Gasteiger partial charge on any atom is 0.293 e. The molecule has 2 aromatic heterocycles. The van der Waals surface area contributed by atoms with Crippen LogP contribution in [0.2, 0.25) is 0 Å². The van der Waals surface area contributed by atoms with Crippen LogP contribution in [0.5, 0.6) is 0 Å². The SMILES string of the molecule is CC.COCCOCCOCc1cn(Cc2ccc(F)cc2P)c2cnc(C(=O)NO)cc12. The van der Waals surface area contributed by atoms with E-state index in [1.54, 1.807) is 30.9 Å². The fraction of sp³-hybridized carbons (Fsp3) is 0.391. The number of carbonyl (C=O) groups is 1. The molecule has 33 heavy (non-hydrogen) atoms. The topological polar surface area (TPSA) is 94.8 Å². The minimum atomic E-state index is -0.696. The summed E-state index contributed by atoms with van der Waals surface area (Å²) in [6, 6.07) is 6.22. The molecule has 0 aliphatic carbocycles. The van der Waals surface area contributed by atoms with Crippen LogP contribution in [0.1, 0.15) is 35.5 Å². The Morgan fingerprint density at radius 3 is 2.58 bits per heavy atom. The molecule has 8 nitrogen and oxygen atoms in total. The fourth-order valence-electron chi connectivity index (χ4n) is 3.13. The standard InChI is InChI=1S/C21H25FN3O5P.C2H6/c1-28-4-5-29-6-7-30-13-15-12-25(11-14-2-3-16(22)8-20(14)31)19-10-23-18(9-17(15)19)21(26)24-27;1-2/h2-3,8-10,12,27H,4-7,11,13,31H2,1H3,(H,24,26);1-2H3. The fourth-order valence-corrected chi connectivity index (χ4v) is 3.47. The highest BCUT2D eigenvalue weighted by Gasteiger charge is 2.15. The highest BCUT2D eigenvalue weighted by Crippen LogP contribution is 2.24. The maximum absolute atomic E-state index is 13.4. The van der Waals surface area contributed by atoms with E-state index >= 15 is 0 Å². The highest BCUT2D eigenvalue weighted by molar-refractivity contribution is 7.27. The number of hydrogen-bond donors (Lipinski definition) is 2. The molecule has 0 fully saturated rings.